The summed E-state index contributed by atoms with van der Waals surface area (Å²) in [5.74, 6) is 0.0192. The van der Waals surface area contributed by atoms with Crippen LogP contribution in [0.2, 0.25) is 0 Å². The van der Waals surface area contributed by atoms with Crippen LogP contribution in [-0.4, -0.2) is 55.0 Å². The van der Waals surface area contributed by atoms with Gasteiger partial charge in [-0.3, -0.25) is 4.79 Å². The Morgan fingerprint density at radius 2 is 1.86 bits per heavy atom. The second-order valence-electron chi connectivity index (χ2n) is 2.43. The fourth-order valence-corrected chi connectivity index (χ4v) is 0.966. The average Bonchev–Trinajstić information content (AvgIpc) is 2.21. The zero-order chi connectivity index (χ0) is 10.6. The molecule has 0 aliphatic heterocycles. The SMILES string of the molecule is O=C(CI)NCCOCCOCCO. The van der Waals surface area contributed by atoms with Crippen molar-refractivity contribution in [3.63, 3.8) is 0 Å². The highest BCUT2D eigenvalue weighted by molar-refractivity contribution is 14.1. The molecular weight excluding hydrogens is 301 g/mol. The van der Waals surface area contributed by atoms with E-state index in [-0.39, 0.29) is 12.5 Å². The topological polar surface area (TPSA) is 67.8 Å². The molecule has 0 rings (SSSR count). The van der Waals surface area contributed by atoms with Gasteiger partial charge in [0.2, 0.25) is 5.91 Å². The first-order valence-corrected chi connectivity index (χ1v) is 5.93. The first-order valence-electron chi connectivity index (χ1n) is 4.40. The molecule has 6 heteroatoms. The molecule has 0 atom stereocenters. The number of aliphatic hydroxyl groups excluding tert-OH is 1. The Hall–Kier alpha value is 0.0800. The van der Waals surface area contributed by atoms with E-state index in [2.05, 4.69) is 5.32 Å². The van der Waals surface area contributed by atoms with Crippen LogP contribution < -0.4 is 5.32 Å². The van der Waals surface area contributed by atoms with Gasteiger partial charge in [0, 0.05) is 6.54 Å². The van der Waals surface area contributed by atoms with Gasteiger partial charge in [0.15, 0.2) is 0 Å². The van der Waals surface area contributed by atoms with Crippen LogP contribution in [-0.2, 0) is 14.3 Å². The maximum atomic E-state index is 10.8. The van der Waals surface area contributed by atoms with Gasteiger partial charge in [-0.05, 0) is 0 Å². The van der Waals surface area contributed by atoms with E-state index in [1.807, 2.05) is 22.6 Å². The highest BCUT2D eigenvalue weighted by Gasteiger charge is 1.95. The predicted molar refractivity (Wildman–Crippen MR) is 60.6 cm³/mol. The maximum absolute atomic E-state index is 10.8. The summed E-state index contributed by atoms with van der Waals surface area (Å²) in [5.41, 5.74) is 0. The first-order chi connectivity index (χ1) is 6.81. The van der Waals surface area contributed by atoms with Gasteiger partial charge < -0.3 is 19.9 Å². The number of carbonyl (C=O) groups is 1. The van der Waals surface area contributed by atoms with Crippen molar-refractivity contribution in [1.82, 2.24) is 5.32 Å². The first kappa shape index (κ1) is 14.1. The van der Waals surface area contributed by atoms with Crippen LogP contribution in [0.25, 0.3) is 0 Å². The molecular formula is C8H16INO4. The van der Waals surface area contributed by atoms with Crippen molar-refractivity contribution in [2.45, 2.75) is 0 Å². The van der Waals surface area contributed by atoms with Crippen molar-refractivity contribution in [3.8, 4) is 0 Å². The lowest BCUT2D eigenvalue weighted by molar-refractivity contribution is -0.118. The molecule has 0 aliphatic rings. The van der Waals surface area contributed by atoms with Crippen LogP contribution in [0, 0.1) is 0 Å². The number of rotatable bonds is 9. The molecule has 84 valence electrons. The molecule has 2 N–H and O–H groups in total. The van der Waals surface area contributed by atoms with Gasteiger partial charge in [-0.2, -0.15) is 0 Å². The summed E-state index contributed by atoms with van der Waals surface area (Å²) in [6.07, 6.45) is 0. The van der Waals surface area contributed by atoms with E-state index in [4.69, 9.17) is 14.6 Å². The number of amides is 1. The predicted octanol–water partition coefficient (Wildman–Crippen LogP) is -0.437. The third-order valence-corrected chi connectivity index (χ3v) is 1.99. The van der Waals surface area contributed by atoms with Crippen molar-refractivity contribution in [3.05, 3.63) is 0 Å². The maximum Gasteiger partial charge on any atom is 0.229 e. The lowest BCUT2D eigenvalue weighted by Crippen LogP contribution is -2.28. The van der Waals surface area contributed by atoms with Crippen LogP contribution in [0.5, 0.6) is 0 Å². The summed E-state index contributed by atoms with van der Waals surface area (Å²) in [7, 11) is 0. The smallest absolute Gasteiger partial charge is 0.229 e. The Morgan fingerprint density at radius 1 is 1.21 bits per heavy atom. The molecule has 0 aliphatic carbocycles. The largest absolute Gasteiger partial charge is 0.394 e. The average molecular weight is 317 g/mol. The van der Waals surface area contributed by atoms with Crippen LogP contribution in [0.15, 0.2) is 0 Å². The Labute approximate surface area is 97.3 Å². The van der Waals surface area contributed by atoms with Gasteiger partial charge in [-0.15, -0.1) is 0 Å². The number of aliphatic hydroxyl groups is 1. The van der Waals surface area contributed by atoms with E-state index in [1.54, 1.807) is 0 Å². The minimum absolute atomic E-state index is 0.0192. The zero-order valence-electron chi connectivity index (χ0n) is 8.00. The van der Waals surface area contributed by atoms with Gasteiger partial charge in [-0.1, -0.05) is 22.6 Å². The summed E-state index contributed by atoms with van der Waals surface area (Å²) in [6, 6.07) is 0. The van der Waals surface area contributed by atoms with E-state index in [0.717, 1.165) is 0 Å². The fourth-order valence-electron chi connectivity index (χ4n) is 0.696. The van der Waals surface area contributed by atoms with Crippen molar-refractivity contribution in [1.29, 1.82) is 0 Å². The van der Waals surface area contributed by atoms with Crippen molar-refractivity contribution >= 4 is 28.5 Å². The van der Waals surface area contributed by atoms with Crippen LogP contribution >= 0.6 is 22.6 Å². The van der Waals surface area contributed by atoms with Crippen molar-refractivity contribution in [2.24, 2.45) is 0 Å². The molecule has 0 bridgehead atoms. The van der Waals surface area contributed by atoms with Crippen LogP contribution in [0.3, 0.4) is 0 Å². The molecule has 5 nitrogen and oxygen atoms in total. The molecule has 0 unspecified atom stereocenters. The van der Waals surface area contributed by atoms with Gasteiger partial charge >= 0.3 is 0 Å². The molecule has 0 aromatic carbocycles. The van der Waals surface area contributed by atoms with E-state index < -0.39 is 0 Å². The number of alkyl halides is 1. The minimum Gasteiger partial charge on any atom is -0.394 e. The van der Waals surface area contributed by atoms with Crippen LogP contribution in [0.4, 0.5) is 0 Å². The number of ether oxygens (including phenoxy) is 2. The molecule has 0 aromatic heterocycles. The normalized spacial score (nSPS) is 10.1. The number of hydrogen-bond donors (Lipinski definition) is 2. The van der Waals surface area contributed by atoms with Crippen molar-refractivity contribution in [2.75, 3.05) is 44.0 Å². The van der Waals surface area contributed by atoms with Gasteiger partial charge in [0.25, 0.3) is 0 Å². The number of nitrogens with one attached hydrogen (secondary N) is 1. The number of carbonyl (C=O) groups excluding carboxylic acids is 1. The Balaban J connectivity index is 2.95. The van der Waals surface area contributed by atoms with E-state index in [9.17, 15) is 4.79 Å². The fraction of sp³-hybridized carbons (Fsp3) is 0.875. The quantitative estimate of drug-likeness (QED) is 0.344. The lowest BCUT2D eigenvalue weighted by Gasteiger charge is -2.05. The molecule has 0 spiro atoms. The lowest BCUT2D eigenvalue weighted by atomic mass is 10.6. The van der Waals surface area contributed by atoms with Gasteiger partial charge in [0.1, 0.15) is 0 Å². The standard InChI is InChI=1S/C8H16INO4/c9-7-8(12)10-1-3-13-5-6-14-4-2-11/h11H,1-7H2,(H,10,12). The minimum atomic E-state index is 0.0192. The molecule has 0 radical (unpaired) electrons. The summed E-state index contributed by atoms with van der Waals surface area (Å²) >= 11 is 2.00. The van der Waals surface area contributed by atoms with Gasteiger partial charge in [0.05, 0.1) is 37.5 Å². The Morgan fingerprint density at radius 3 is 2.43 bits per heavy atom. The second kappa shape index (κ2) is 11.2. The summed E-state index contributed by atoms with van der Waals surface area (Å²) in [5, 5.41) is 11.1. The summed E-state index contributed by atoms with van der Waals surface area (Å²) < 4.78 is 10.6. The third-order valence-electron chi connectivity index (χ3n) is 1.30. The number of hydrogen-bond acceptors (Lipinski definition) is 4. The highest BCUT2D eigenvalue weighted by atomic mass is 127. The molecule has 1 amide bonds. The third kappa shape index (κ3) is 10.2. The van der Waals surface area contributed by atoms with E-state index in [1.165, 1.54) is 0 Å². The molecule has 0 saturated heterocycles. The second-order valence-corrected chi connectivity index (χ2v) is 3.19. The van der Waals surface area contributed by atoms with Crippen LogP contribution in [0.1, 0.15) is 0 Å². The molecule has 0 fully saturated rings. The summed E-state index contributed by atoms with van der Waals surface area (Å²) in [4.78, 5) is 10.8. The molecule has 14 heavy (non-hydrogen) atoms. The van der Waals surface area contributed by atoms with E-state index >= 15 is 0 Å². The number of halogens is 1. The molecule has 0 heterocycles. The van der Waals surface area contributed by atoms with Gasteiger partial charge in [-0.25, -0.2) is 0 Å². The van der Waals surface area contributed by atoms with Crippen molar-refractivity contribution < 1.29 is 19.4 Å². The molecule has 0 aromatic rings. The van der Waals surface area contributed by atoms with E-state index in [0.29, 0.717) is 37.4 Å². The zero-order valence-corrected chi connectivity index (χ0v) is 10.2. The monoisotopic (exact) mass is 317 g/mol. The summed E-state index contributed by atoms with van der Waals surface area (Å²) in [6.45, 7) is 2.36. The Kier molecular flexibility index (Phi) is 11.2. The molecule has 0 saturated carbocycles. The highest BCUT2D eigenvalue weighted by Crippen LogP contribution is 1.80. The Bertz CT molecular complexity index is 145.